The molecule has 0 saturated carbocycles. The Morgan fingerprint density at radius 2 is 1.67 bits per heavy atom. The van der Waals surface area contributed by atoms with Crippen molar-refractivity contribution in [1.82, 2.24) is 4.98 Å². The van der Waals surface area contributed by atoms with Crippen LogP contribution in [0.4, 0.5) is 5.82 Å². The van der Waals surface area contributed by atoms with E-state index in [1.54, 1.807) is 0 Å². The summed E-state index contributed by atoms with van der Waals surface area (Å²) in [4.78, 5) is 5.25. The van der Waals surface area contributed by atoms with Gasteiger partial charge in [-0.1, -0.05) is 42.1 Å². The van der Waals surface area contributed by atoms with Gasteiger partial charge in [-0.05, 0) is 36.8 Å². The topological polar surface area (TPSA) is 95.7 Å². The summed E-state index contributed by atoms with van der Waals surface area (Å²) >= 11 is 1.34. The Hall–Kier alpha value is -3.48. The molecule has 1 heterocycles. The molecule has 5 nitrogen and oxygen atoms in total. The van der Waals surface area contributed by atoms with Gasteiger partial charge in [-0.3, -0.25) is 0 Å². The minimum atomic E-state index is 0.110. The van der Waals surface area contributed by atoms with Crippen LogP contribution in [0, 0.1) is 22.7 Å². The number of ether oxygens (including phenoxy) is 1. The lowest BCUT2D eigenvalue weighted by Gasteiger charge is -2.13. The minimum absolute atomic E-state index is 0.110. The fraction of sp³-hybridized carbons (Fsp3) is 0.0952. The zero-order valence-electron chi connectivity index (χ0n) is 14.6. The van der Waals surface area contributed by atoms with E-state index < -0.39 is 0 Å². The maximum atomic E-state index is 9.81. The van der Waals surface area contributed by atoms with E-state index in [4.69, 9.17) is 10.5 Å². The number of pyridine rings is 1. The number of anilines is 1. The lowest BCUT2D eigenvalue weighted by Crippen LogP contribution is -2.03. The fourth-order valence-corrected chi connectivity index (χ4v) is 3.56. The van der Waals surface area contributed by atoms with Crippen molar-refractivity contribution in [2.45, 2.75) is 16.8 Å². The zero-order chi connectivity index (χ0) is 19.2. The predicted molar refractivity (Wildman–Crippen MR) is 105 cm³/mol. The summed E-state index contributed by atoms with van der Waals surface area (Å²) in [6, 6.07) is 21.1. The van der Waals surface area contributed by atoms with Gasteiger partial charge < -0.3 is 10.5 Å². The normalized spacial score (nSPS) is 10.0. The second-order valence-electron chi connectivity index (χ2n) is 5.52. The summed E-state index contributed by atoms with van der Waals surface area (Å²) in [5.41, 5.74) is 7.79. The molecule has 3 aromatic rings. The number of benzene rings is 2. The first kappa shape index (κ1) is 18.3. The molecule has 0 unspecified atom stereocenters. The molecule has 0 aliphatic rings. The quantitative estimate of drug-likeness (QED) is 0.702. The first-order valence-electron chi connectivity index (χ1n) is 8.27. The predicted octanol–water partition coefficient (Wildman–Crippen LogP) is 4.62. The summed E-state index contributed by atoms with van der Waals surface area (Å²) in [6.07, 6.45) is 0. The molecule has 0 aliphatic carbocycles. The molecule has 0 amide bonds. The maximum absolute atomic E-state index is 9.81. The lowest BCUT2D eigenvalue weighted by molar-refractivity contribution is 0.340. The number of nitrogen functional groups attached to an aromatic ring is 1. The third-order valence-corrected chi connectivity index (χ3v) is 4.82. The van der Waals surface area contributed by atoms with Crippen LogP contribution in [0.15, 0.2) is 64.5 Å². The first-order valence-corrected chi connectivity index (χ1v) is 9.09. The van der Waals surface area contributed by atoms with E-state index in [-0.39, 0.29) is 11.4 Å². The maximum Gasteiger partial charge on any atom is 0.143 e. The molecule has 0 atom stereocenters. The summed E-state index contributed by atoms with van der Waals surface area (Å²) in [6.45, 7) is 2.47. The van der Waals surface area contributed by atoms with Gasteiger partial charge in [0.25, 0.3) is 0 Å². The highest BCUT2D eigenvalue weighted by Gasteiger charge is 2.20. The zero-order valence-corrected chi connectivity index (χ0v) is 15.5. The summed E-state index contributed by atoms with van der Waals surface area (Å²) in [5.74, 6) is 0.831. The van der Waals surface area contributed by atoms with Crippen molar-refractivity contribution >= 4 is 17.6 Å². The molecule has 0 saturated heterocycles. The van der Waals surface area contributed by atoms with Crippen LogP contribution >= 0.6 is 11.8 Å². The fourth-order valence-electron chi connectivity index (χ4n) is 2.65. The number of hydrogen-bond donors (Lipinski definition) is 1. The van der Waals surface area contributed by atoms with Gasteiger partial charge in [0.2, 0.25) is 0 Å². The lowest BCUT2D eigenvalue weighted by atomic mass is 9.97. The van der Waals surface area contributed by atoms with Crippen LogP contribution < -0.4 is 10.5 Å². The molecule has 132 valence electrons. The highest BCUT2D eigenvalue weighted by molar-refractivity contribution is 7.99. The Morgan fingerprint density at radius 3 is 2.26 bits per heavy atom. The van der Waals surface area contributed by atoms with Gasteiger partial charge in [0.05, 0.1) is 12.2 Å². The van der Waals surface area contributed by atoms with Crippen LogP contribution in [-0.4, -0.2) is 11.6 Å². The van der Waals surface area contributed by atoms with Gasteiger partial charge in [-0.2, -0.15) is 10.5 Å². The molecule has 0 fully saturated rings. The third kappa shape index (κ3) is 3.87. The number of aromatic nitrogens is 1. The molecule has 0 bridgehead atoms. The monoisotopic (exact) mass is 372 g/mol. The van der Waals surface area contributed by atoms with Crippen LogP contribution in [0.1, 0.15) is 18.1 Å². The third-order valence-electron chi connectivity index (χ3n) is 3.83. The van der Waals surface area contributed by atoms with Crippen molar-refractivity contribution in [2.75, 3.05) is 12.3 Å². The van der Waals surface area contributed by atoms with E-state index >= 15 is 0 Å². The molecule has 1 aromatic heterocycles. The van der Waals surface area contributed by atoms with E-state index in [1.807, 2.05) is 61.5 Å². The number of nitrogens with zero attached hydrogens (tertiary/aromatic N) is 3. The van der Waals surface area contributed by atoms with Gasteiger partial charge in [0.1, 0.15) is 34.3 Å². The highest BCUT2D eigenvalue weighted by Crippen LogP contribution is 2.38. The van der Waals surface area contributed by atoms with Crippen LogP contribution in [-0.2, 0) is 0 Å². The largest absolute Gasteiger partial charge is 0.494 e. The molecular weight excluding hydrogens is 356 g/mol. The summed E-state index contributed by atoms with van der Waals surface area (Å²) in [5, 5.41) is 19.9. The molecular formula is C21H16N4OS. The Bertz CT molecular complexity index is 1040. The molecule has 0 spiro atoms. The van der Waals surface area contributed by atoms with E-state index in [0.717, 1.165) is 16.2 Å². The summed E-state index contributed by atoms with van der Waals surface area (Å²) < 4.78 is 5.47. The SMILES string of the molecule is CCOc1ccc(-c2c(C#N)c(N)nc(Sc3ccccc3)c2C#N)cc1. The number of nitrogens with two attached hydrogens (primary N) is 1. The van der Waals surface area contributed by atoms with E-state index in [2.05, 4.69) is 17.1 Å². The molecule has 2 aromatic carbocycles. The standard InChI is InChI=1S/C21H16N4OS/c1-2-26-15-10-8-14(9-11-15)19-17(12-22)20(24)25-21(18(19)13-23)27-16-6-4-3-5-7-16/h3-11H,2H2,1H3,(H2,24,25). The van der Waals surface area contributed by atoms with Gasteiger partial charge in [0.15, 0.2) is 0 Å². The Balaban J connectivity index is 2.16. The minimum Gasteiger partial charge on any atom is -0.494 e. The molecule has 2 N–H and O–H groups in total. The Morgan fingerprint density at radius 1 is 1.00 bits per heavy atom. The molecule has 3 rings (SSSR count). The van der Waals surface area contributed by atoms with Crippen molar-refractivity contribution in [1.29, 1.82) is 10.5 Å². The number of hydrogen-bond acceptors (Lipinski definition) is 6. The first-order chi connectivity index (χ1) is 13.2. The van der Waals surface area contributed by atoms with Crippen molar-refractivity contribution in [3.05, 3.63) is 65.7 Å². The Kier molecular flexibility index (Phi) is 5.61. The number of nitriles is 2. The van der Waals surface area contributed by atoms with Crippen LogP contribution in [0.5, 0.6) is 5.75 Å². The van der Waals surface area contributed by atoms with Crippen LogP contribution in [0.2, 0.25) is 0 Å². The van der Waals surface area contributed by atoms with Crippen molar-refractivity contribution in [2.24, 2.45) is 0 Å². The van der Waals surface area contributed by atoms with E-state index in [9.17, 15) is 10.5 Å². The molecule has 27 heavy (non-hydrogen) atoms. The van der Waals surface area contributed by atoms with E-state index in [0.29, 0.717) is 22.8 Å². The van der Waals surface area contributed by atoms with Crippen molar-refractivity contribution in [3.8, 4) is 29.0 Å². The van der Waals surface area contributed by atoms with Crippen molar-refractivity contribution < 1.29 is 4.74 Å². The average Bonchev–Trinajstić information content (AvgIpc) is 2.69. The Labute approximate surface area is 162 Å². The smallest absolute Gasteiger partial charge is 0.143 e. The van der Waals surface area contributed by atoms with Gasteiger partial charge in [-0.15, -0.1) is 0 Å². The van der Waals surface area contributed by atoms with Crippen molar-refractivity contribution in [3.63, 3.8) is 0 Å². The highest BCUT2D eigenvalue weighted by atomic mass is 32.2. The molecule has 6 heteroatoms. The van der Waals surface area contributed by atoms with Gasteiger partial charge >= 0.3 is 0 Å². The van der Waals surface area contributed by atoms with Gasteiger partial charge in [-0.25, -0.2) is 4.98 Å². The van der Waals surface area contributed by atoms with E-state index in [1.165, 1.54) is 11.8 Å². The van der Waals surface area contributed by atoms with Crippen LogP contribution in [0.25, 0.3) is 11.1 Å². The van der Waals surface area contributed by atoms with Crippen LogP contribution in [0.3, 0.4) is 0 Å². The van der Waals surface area contributed by atoms with Gasteiger partial charge in [0, 0.05) is 10.5 Å². The second-order valence-corrected chi connectivity index (χ2v) is 6.59. The summed E-state index contributed by atoms with van der Waals surface area (Å²) in [7, 11) is 0. The molecule has 0 aliphatic heterocycles. The number of rotatable bonds is 5. The molecule has 0 radical (unpaired) electrons. The second kappa shape index (κ2) is 8.27. The average molecular weight is 372 g/mol.